The van der Waals surface area contributed by atoms with E-state index in [4.69, 9.17) is 8.83 Å². The third-order valence-electron chi connectivity index (χ3n) is 3.81. The van der Waals surface area contributed by atoms with Crippen LogP contribution < -0.4 is 5.32 Å². The lowest BCUT2D eigenvalue weighted by Crippen LogP contribution is -2.53. The van der Waals surface area contributed by atoms with Gasteiger partial charge in [-0.15, -0.1) is 24.0 Å². The van der Waals surface area contributed by atoms with Crippen LogP contribution in [0.25, 0.3) is 0 Å². The molecule has 0 unspecified atom stereocenters. The summed E-state index contributed by atoms with van der Waals surface area (Å²) < 4.78 is 10.5. The van der Waals surface area contributed by atoms with Crippen LogP contribution in [0.5, 0.6) is 0 Å². The summed E-state index contributed by atoms with van der Waals surface area (Å²) in [5.74, 6) is 2.00. The Morgan fingerprint density at radius 2 is 1.79 bits per heavy atom. The number of nitrogens with zero attached hydrogens (tertiary/aromatic N) is 3. The monoisotopic (exact) mass is 444 g/mol. The van der Waals surface area contributed by atoms with Crippen molar-refractivity contribution in [3.63, 3.8) is 0 Å². The first-order valence-corrected chi connectivity index (χ1v) is 7.58. The molecule has 2 aromatic heterocycles. The number of halogens is 1. The van der Waals surface area contributed by atoms with Crippen LogP contribution in [0, 0.1) is 0 Å². The Balaban J connectivity index is 0.00000208. The van der Waals surface area contributed by atoms with E-state index in [0.29, 0.717) is 25.4 Å². The average Bonchev–Trinajstić information content (AvgIpc) is 3.29. The van der Waals surface area contributed by atoms with Gasteiger partial charge in [-0.1, -0.05) is 0 Å². The minimum absolute atomic E-state index is 0. The van der Waals surface area contributed by atoms with Gasteiger partial charge in [-0.05, 0) is 24.3 Å². The average molecular weight is 444 g/mol. The van der Waals surface area contributed by atoms with Crippen LogP contribution in [0.1, 0.15) is 16.3 Å². The molecule has 7 nitrogen and oxygen atoms in total. The summed E-state index contributed by atoms with van der Waals surface area (Å²) in [6.07, 6.45) is 3.17. The van der Waals surface area contributed by atoms with Crippen LogP contribution in [-0.4, -0.2) is 54.9 Å². The van der Waals surface area contributed by atoms with Crippen molar-refractivity contribution in [1.29, 1.82) is 0 Å². The smallest absolute Gasteiger partial charge is 0.289 e. The number of guanidine groups is 1. The molecule has 0 aromatic carbocycles. The number of hydrogen-bond acceptors (Lipinski definition) is 4. The third-order valence-corrected chi connectivity index (χ3v) is 3.81. The Hall–Kier alpha value is -1.97. The van der Waals surface area contributed by atoms with E-state index in [1.54, 1.807) is 30.3 Å². The SMILES string of the molecule is CN=C(NCc1ccco1)N1CCN(C(=O)c2ccco2)CC1.I. The number of carbonyl (C=O) groups is 1. The van der Waals surface area contributed by atoms with Crippen molar-refractivity contribution in [1.82, 2.24) is 15.1 Å². The quantitative estimate of drug-likeness (QED) is 0.446. The number of nitrogens with one attached hydrogen (secondary N) is 1. The number of carbonyl (C=O) groups excluding carboxylic acids is 1. The van der Waals surface area contributed by atoms with Gasteiger partial charge in [0.25, 0.3) is 5.91 Å². The fraction of sp³-hybridized carbons (Fsp3) is 0.375. The van der Waals surface area contributed by atoms with Gasteiger partial charge in [0, 0.05) is 33.2 Å². The van der Waals surface area contributed by atoms with Crippen LogP contribution in [0.3, 0.4) is 0 Å². The van der Waals surface area contributed by atoms with E-state index in [-0.39, 0.29) is 29.9 Å². The standard InChI is InChI=1S/C16H20N4O3.HI/c1-17-16(18-12-13-4-2-10-22-13)20-8-6-19(7-9-20)15(21)14-5-3-11-23-14;/h2-5,10-11H,6-9,12H2,1H3,(H,17,18);1H. The van der Waals surface area contributed by atoms with Gasteiger partial charge in [0.05, 0.1) is 19.1 Å². The van der Waals surface area contributed by atoms with Gasteiger partial charge in [-0.25, -0.2) is 0 Å². The fourth-order valence-electron chi connectivity index (χ4n) is 2.59. The van der Waals surface area contributed by atoms with Crippen molar-refractivity contribution in [3.8, 4) is 0 Å². The van der Waals surface area contributed by atoms with E-state index in [1.807, 2.05) is 12.1 Å². The lowest BCUT2D eigenvalue weighted by molar-refractivity contribution is 0.0657. The molecule has 0 saturated carbocycles. The van der Waals surface area contributed by atoms with Crippen molar-refractivity contribution in [3.05, 3.63) is 48.3 Å². The van der Waals surface area contributed by atoms with Crippen molar-refractivity contribution in [2.24, 2.45) is 4.99 Å². The second kappa shape index (κ2) is 8.76. The molecule has 130 valence electrons. The molecule has 1 fully saturated rings. The van der Waals surface area contributed by atoms with E-state index in [9.17, 15) is 4.79 Å². The summed E-state index contributed by atoms with van der Waals surface area (Å²) in [5.41, 5.74) is 0. The van der Waals surface area contributed by atoms with Crippen molar-refractivity contribution < 1.29 is 13.6 Å². The summed E-state index contributed by atoms with van der Waals surface area (Å²) in [6, 6.07) is 7.20. The van der Waals surface area contributed by atoms with Gasteiger partial charge in [0.2, 0.25) is 0 Å². The zero-order chi connectivity index (χ0) is 16.1. The second-order valence-electron chi connectivity index (χ2n) is 5.24. The maximum atomic E-state index is 12.2. The largest absolute Gasteiger partial charge is 0.467 e. The van der Waals surface area contributed by atoms with Crippen molar-refractivity contribution in [2.45, 2.75) is 6.54 Å². The second-order valence-corrected chi connectivity index (χ2v) is 5.24. The molecule has 1 aliphatic heterocycles. The molecular formula is C16H21IN4O3. The molecule has 0 atom stereocenters. The highest BCUT2D eigenvalue weighted by Crippen LogP contribution is 2.10. The molecule has 3 rings (SSSR count). The molecule has 8 heteroatoms. The Morgan fingerprint density at radius 3 is 2.38 bits per heavy atom. The molecule has 0 bridgehead atoms. The van der Waals surface area contributed by atoms with Gasteiger partial charge in [-0.3, -0.25) is 9.79 Å². The van der Waals surface area contributed by atoms with Gasteiger partial charge >= 0.3 is 0 Å². The predicted molar refractivity (Wildman–Crippen MR) is 101 cm³/mol. The van der Waals surface area contributed by atoms with Crippen molar-refractivity contribution >= 4 is 35.8 Å². The Labute approximate surface area is 157 Å². The summed E-state index contributed by atoms with van der Waals surface area (Å²) in [4.78, 5) is 20.5. The van der Waals surface area contributed by atoms with Crippen LogP contribution in [0.4, 0.5) is 0 Å². The molecule has 24 heavy (non-hydrogen) atoms. The summed E-state index contributed by atoms with van der Waals surface area (Å²) >= 11 is 0. The zero-order valence-electron chi connectivity index (χ0n) is 13.5. The van der Waals surface area contributed by atoms with E-state index >= 15 is 0 Å². The van der Waals surface area contributed by atoms with E-state index < -0.39 is 0 Å². The first-order valence-electron chi connectivity index (χ1n) is 7.58. The number of piperazine rings is 1. The molecule has 1 amide bonds. The normalized spacial score (nSPS) is 15.1. The molecule has 0 spiro atoms. The molecule has 2 aromatic rings. The van der Waals surface area contributed by atoms with Gasteiger partial charge in [0.1, 0.15) is 5.76 Å². The van der Waals surface area contributed by atoms with Crippen LogP contribution in [0.2, 0.25) is 0 Å². The molecule has 0 aliphatic carbocycles. The summed E-state index contributed by atoms with van der Waals surface area (Å²) in [6.45, 7) is 3.32. The van der Waals surface area contributed by atoms with Crippen LogP contribution in [0.15, 0.2) is 50.6 Å². The van der Waals surface area contributed by atoms with Crippen LogP contribution in [-0.2, 0) is 6.54 Å². The van der Waals surface area contributed by atoms with E-state index in [2.05, 4.69) is 15.2 Å². The minimum Gasteiger partial charge on any atom is -0.467 e. The minimum atomic E-state index is -0.0619. The maximum absolute atomic E-state index is 12.2. The van der Waals surface area contributed by atoms with Gasteiger partial charge in [-0.2, -0.15) is 0 Å². The molecule has 3 heterocycles. The highest BCUT2D eigenvalue weighted by molar-refractivity contribution is 14.0. The maximum Gasteiger partial charge on any atom is 0.289 e. The number of aliphatic imine (C=N–C) groups is 1. The Morgan fingerprint density at radius 1 is 1.12 bits per heavy atom. The molecule has 1 N–H and O–H groups in total. The van der Waals surface area contributed by atoms with Gasteiger partial charge < -0.3 is 24.0 Å². The number of rotatable bonds is 3. The number of hydrogen-bond donors (Lipinski definition) is 1. The highest BCUT2D eigenvalue weighted by Gasteiger charge is 2.25. The van der Waals surface area contributed by atoms with E-state index in [0.717, 1.165) is 24.8 Å². The molecule has 1 saturated heterocycles. The van der Waals surface area contributed by atoms with Crippen molar-refractivity contribution in [2.75, 3.05) is 33.2 Å². The Kier molecular flexibility index (Phi) is 6.71. The lowest BCUT2D eigenvalue weighted by atomic mass is 10.3. The third kappa shape index (κ3) is 4.31. The predicted octanol–water partition coefficient (Wildman–Crippen LogP) is 2.02. The number of amides is 1. The lowest BCUT2D eigenvalue weighted by Gasteiger charge is -2.36. The van der Waals surface area contributed by atoms with Gasteiger partial charge in [0.15, 0.2) is 11.7 Å². The zero-order valence-corrected chi connectivity index (χ0v) is 15.8. The number of furan rings is 2. The topological polar surface area (TPSA) is 74.2 Å². The first-order chi connectivity index (χ1) is 11.3. The molecule has 0 radical (unpaired) electrons. The summed E-state index contributed by atoms with van der Waals surface area (Å²) in [7, 11) is 1.75. The summed E-state index contributed by atoms with van der Waals surface area (Å²) in [5, 5.41) is 3.27. The molecule has 1 aliphatic rings. The van der Waals surface area contributed by atoms with Crippen LogP contribution >= 0.6 is 24.0 Å². The fourth-order valence-corrected chi connectivity index (χ4v) is 2.59. The Bertz CT molecular complexity index is 647. The first kappa shape index (κ1) is 18.4. The molecular weight excluding hydrogens is 423 g/mol. The van der Waals surface area contributed by atoms with E-state index in [1.165, 1.54) is 6.26 Å². The highest BCUT2D eigenvalue weighted by atomic mass is 127.